The molecule has 2 saturated heterocycles. The molecule has 0 aromatic rings. The molecule has 2 heterocycles. The fourth-order valence-electron chi connectivity index (χ4n) is 3.21. The van der Waals surface area contributed by atoms with E-state index >= 15 is 0 Å². The van der Waals surface area contributed by atoms with E-state index in [1.165, 1.54) is 0 Å². The van der Waals surface area contributed by atoms with Crippen LogP contribution in [0.2, 0.25) is 0 Å². The molecule has 0 spiro atoms. The summed E-state index contributed by atoms with van der Waals surface area (Å²) in [5.41, 5.74) is -0.474. The lowest BCUT2D eigenvalue weighted by Crippen LogP contribution is -2.37. The number of carbonyl (C=O) groups is 1. The van der Waals surface area contributed by atoms with Gasteiger partial charge in [-0.05, 0) is 70.4 Å². The Balaban J connectivity index is 0. The Morgan fingerprint density at radius 1 is 0.966 bits per heavy atom. The molecule has 0 aliphatic carbocycles. The van der Waals surface area contributed by atoms with Crippen LogP contribution in [-0.4, -0.2) is 65.2 Å². The SMILES string of the molecule is C.CC(C)(C)OC(=O)N1CCC(O)C(C)(C)CC1.CC1(C)CCNCCC1O.Cl. The number of nitrogens with zero attached hydrogens (tertiary/aromatic N) is 1. The number of hydrogen-bond donors (Lipinski definition) is 3. The monoisotopic (exact) mass is 438 g/mol. The van der Waals surface area contributed by atoms with Crippen LogP contribution in [0.5, 0.6) is 0 Å². The van der Waals surface area contributed by atoms with E-state index in [1.807, 2.05) is 34.6 Å². The van der Waals surface area contributed by atoms with E-state index in [-0.39, 0.29) is 49.0 Å². The Bertz CT molecular complexity index is 478. The third kappa shape index (κ3) is 10.9. The Hall–Kier alpha value is -0.560. The van der Waals surface area contributed by atoms with Crippen molar-refractivity contribution in [1.82, 2.24) is 10.2 Å². The van der Waals surface area contributed by atoms with E-state index in [0.29, 0.717) is 19.5 Å². The highest BCUT2D eigenvalue weighted by atomic mass is 35.5. The Labute approximate surface area is 185 Å². The number of amides is 1. The first-order valence-corrected chi connectivity index (χ1v) is 10.3. The average molecular weight is 439 g/mol. The van der Waals surface area contributed by atoms with Gasteiger partial charge in [0, 0.05) is 13.1 Å². The highest BCUT2D eigenvalue weighted by molar-refractivity contribution is 5.85. The predicted molar refractivity (Wildman–Crippen MR) is 123 cm³/mol. The maximum absolute atomic E-state index is 11.9. The van der Waals surface area contributed by atoms with Crippen molar-refractivity contribution >= 4 is 18.5 Å². The van der Waals surface area contributed by atoms with Gasteiger partial charge in [-0.3, -0.25) is 0 Å². The van der Waals surface area contributed by atoms with E-state index in [0.717, 1.165) is 32.4 Å². The summed E-state index contributed by atoms with van der Waals surface area (Å²) in [5.74, 6) is 0. The van der Waals surface area contributed by atoms with Crippen molar-refractivity contribution in [2.24, 2.45) is 10.8 Å². The summed E-state index contributed by atoms with van der Waals surface area (Å²) >= 11 is 0. The molecule has 1 amide bonds. The van der Waals surface area contributed by atoms with Gasteiger partial charge in [0.1, 0.15) is 5.60 Å². The number of aliphatic hydroxyl groups excluding tert-OH is 2. The zero-order chi connectivity index (χ0) is 20.9. The fraction of sp³-hybridized carbons (Fsp3) is 0.955. The molecular formula is C22H47ClN2O4. The zero-order valence-corrected chi connectivity index (χ0v) is 19.7. The van der Waals surface area contributed by atoms with E-state index in [1.54, 1.807) is 4.90 Å². The molecule has 7 heteroatoms. The summed E-state index contributed by atoms with van der Waals surface area (Å²) < 4.78 is 5.34. The minimum absolute atomic E-state index is 0. The van der Waals surface area contributed by atoms with Gasteiger partial charge in [0.05, 0.1) is 12.2 Å². The van der Waals surface area contributed by atoms with Crippen molar-refractivity contribution in [1.29, 1.82) is 0 Å². The van der Waals surface area contributed by atoms with Gasteiger partial charge in [-0.1, -0.05) is 35.1 Å². The second-order valence-electron chi connectivity index (χ2n) is 10.3. The number of hydrogen-bond acceptors (Lipinski definition) is 5. The molecule has 3 N–H and O–H groups in total. The van der Waals surface area contributed by atoms with Gasteiger partial charge < -0.3 is 25.2 Å². The smallest absolute Gasteiger partial charge is 0.410 e. The third-order valence-corrected chi connectivity index (χ3v) is 5.70. The molecule has 29 heavy (non-hydrogen) atoms. The molecule has 176 valence electrons. The van der Waals surface area contributed by atoms with Crippen molar-refractivity contribution in [2.75, 3.05) is 26.2 Å². The van der Waals surface area contributed by atoms with Crippen molar-refractivity contribution in [3.05, 3.63) is 0 Å². The van der Waals surface area contributed by atoms with Gasteiger partial charge in [0.25, 0.3) is 0 Å². The van der Waals surface area contributed by atoms with Crippen LogP contribution in [-0.2, 0) is 4.74 Å². The number of nitrogens with one attached hydrogen (secondary N) is 1. The minimum atomic E-state index is -0.461. The van der Waals surface area contributed by atoms with Crippen molar-refractivity contribution in [2.45, 2.75) is 99.4 Å². The number of halogens is 1. The lowest BCUT2D eigenvalue weighted by Gasteiger charge is -2.28. The van der Waals surface area contributed by atoms with E-state index in [2.05, 4.69) is 19.2 Å². The van der Waals surface area contributed by atoms with Gasteiger partial charge in [-0.15, -0.1) is 12.4 Å². The first-order valence-electron chi connectivity index (χ1n) is 10.3. The Morgan fingerprint density at radius 2 is 1.48 bits per heavy atom. The largest absolute Gasteiger partial charge is 0.444 e. The van der Waals surface area contributed by atoms with E-state index in [4.69, 9.17) is 4.74 Å². The predicted octanol–water partition coefficient (Wildman–Crippen LogP) is 4.22. The molecule has 0 aromatic heterocycles. The normalized spacial score (nSPS) is 26.3. The third-order valence-electron chi connectivity index (χ3n) is 5.70. The summed E-state index contributed by atoms with van der Waals surface area (Å²) in [6.45, 7) is 17.2. The van der Waals surface area contributed by atoms with Crippen LogP contribution in [0.3, 0.4) is 0 Å². The zero-order valence-electron chi connectivity index (χ0n) is 18.9. The molecule has 0 radical (unpaired) electrons. The summed E-state index contributed by atoms with van der Waals surface area (Å²) in [6, 6.07) is 0. The molecule has 6 nitrogen and oxygen atoms in total. The average Bonchev–Trinajstić information content (AvgIpc) is 2.74. The molecule has 2 rings (SSSR count). The topological polar surface area (TPSA) is 82.0 Å². The van der Waals surface area contributed by atoms with Crippen molar-refractivity contribution in [3.8, 4) is 0 Å². The van der Waals surface area contributed by atoms with Gasteiger partial charge >= 0.3 is 6.09 Å². The molecule has 2 atom stereocenters. The van der Waals surface area contributed by atoms with Crippen LogP contribution >= 0.6 is 12.4 Å². The fourth-order valence-corrected chi connectivity index (χ4v) is 3.21. The van der Waals surface area contributed by atoms with Gasteiger partial charge in [-0.25, -0.2) is 4.79 Å². The highest BCUT2D eigenvalue weighted by Crippen LogP contribution is 2.31. The van der Waals surface area contributed by atoms with Gasteiger partial charge in [0.15, 0.2) is 0 Å². The van der Waals surface area contributed by atoms with Crippen molar-refractivity contribution in [3.63, 3.8) is 0 Å². The molecule has 2 aliphatic rings. The molecular weight excluding hydrogens is 392 g/mol. The quantitative estimate of drug-likeness (QED) is 0.527. The number of aliphatic hydroxyl groups is 2. The number of ether oxygens (including phenoxy) is 1. The number of carbonyl (C=O) groups excluding carboxylic acids is 1. The summed E-state index contributed by atoms with van der Waals surface area (Å²) in [7, 11) is 0. The first-order chi connectivity index (χ1) is 12.2. The second kappa shape index (κ2) is 12.3. The van der Waals surface area contributed by atoms with Crippen LogP contribution in [0.4, 0.5) is 4.79 Å². The first kappa shape index (κ1) is 30.6. The van der Waals surface area contributed by atoms with Gasteiger partial charge in [-0.2, -0.15) is 0 Å². The molecule has 0 saturated carbocycles. The van der Waals surface area contributed by atoms with E-state index in [9.17, 15) is 15.0 Å². The molecule has 2 aliphatic heterocycles. The number of likely N-dealkylation sites (tertiary alicyclic amines) is 1. The van der Waals surface area contributed by atoms with Crippen LogP contribution in [0, 0.1) is 10.8 Å². The molecule has 2 unspecified atom stereocenters. The van der Waals surface area contributed by atoms with Gasteiger partial charge in [0.2, 0.25) is 0 Å². The Kier molecular flexibility index (Phi) is 13.0. The Morgan fingerprint density at radius 3 is 2.03 bits per heavy atom. The lowest BCUT2D eigenvalue weighted by molar-refractivity contribution is 0.0250. The van der Waals surface area contributed by atoms with Crippen LogP contribution in [0.1, 0.15) is 81.6 Å². The van der Waals surface area contributed by atoms with Crippen LogP contribution < -0.4 is 5.32 Å². The van der Waals surface area contributed by atoms with E-state index < -0.39 is 5.60 Å². The summed E-state index contributed by atoms with van der Waals surface area (Å²) in [6.07, 6.45) is 2.64. The van der Waals surface area contributed by atoms with Crippen LogP contribution in [0.25, 0.3) is 0 Å². The molecule has 0 aromatic carbocycles. The standard InChI is InChI=1S/C13H25NO3.C8H17NO.CH4.ClH/c1-12(2,3)17-11(16)14-8-6-10(15)13(4,5)7-9-14;1-8(2)4-6-9-5-3-7(8)10;;/h10,15H,6-9H2,1-5H3;7,9-10H,3-6H2,1-2H3;1H4;1H. The highest BCUT2D eigenvalue weighted by Gasteiger charge is 2.34. The van der Waals surface area contributed by atoms with Crippen LogP contribution in [0.15, 0.2) is 0 Å². The summed E-state index contributed by atoms with van der Waals surface area (Å²) in [5, 5.41) is 22.8. The lowest BCUT2D eigenvalue weighted by atomic mass is 9.83. The summed E-state index contributed by atoms with van der Waals surface area (Å²) in [4.78, 5) is 13.6. The minimum Gasteiger partial charge on any atom is -0.444 e. The second-order valence-corrected chi connectivity index (χ2v) is 10.3. The maximum Gasteiger partial charge on any atom is 0.410 e. The number of rotatable bonds is 0. The van der Waals surface area contributed by atoms with Crippen molar-refractivity contribution < 1.29 is 19.7 Å². The molecule has 2 fully saturated rings. The molecule has 0 bridgehead atoms. The maximum atomic E-state index is 11.9.